The molecule has 1 saturated heterocycles. The van der Waals surface area contributed by atoms with Gasteiger partial charge in [0.05, 0.1) is 5.60 Å². The first-order valence-corrected chi connectivity index (χ1v) is 7.63. The quantitative estimate of drug-likeness (QED) is 0.856. The Balaban J connectivity index is 2.20. The largest absolute Gasteiger partial charge is 0.389 e. The summed E-state index contributed by atoms with van der Waals surface area (Å²) in [4.78, 5) is 6.79. The van der Waals surface area contributed by atoms with Crippen molar-refractivity contribution >= 4 is 6.21 Å². The number of rotatable bonds is 4. The Morgan fingerprint density at radius 2 is 2.05 bits per heavy atom. The molecule has 20 heavy (non-hydrogen) atoms. The molecule has 2 aliphatic heterocycles. The van der Waals surface area contributed by atoms with Crippen LogP contribution >= 0.6 is 0 Å². The molecule has 114 valence electrons. The van der Waals surface area contributed by atoms with E-state index in [0.29, 0.717) is 37.9 Å². The number of nitrogens with zero attached hydrogens (tertiary/aromatic N) is 2. The SMILES string of the molecule is CC(C)C1=CC(CN(C)C)C(C2(O)CCOCC2)C=N1. The Morgan fingerprint density at radius 3 is 2.60 bits per heavy atom. The molecule has 0 aromatic carbocycles. The molecular weight excluding hydrogens is 252 g/mol. The Labute approximate surface area is 122 Å². The minimum atomic E-state index is -0.665. The molecule has 0 radical (unpaired) electrons. The van der Waals surface area contributed by atoms with Crippen molar-refractivity contribution in [3.63, 3.8) is 0 Å². The fraction of sp³-hybridized carbons (Fsp3) is 0.812. The van der Waals surface area contributed by atoms with E-state index >= 15 is 0 Å². The molecule has 1 fully saturated rings. The first-order valence-electron chi connectivity index (χ1n) is 7.63. The van der Waals surface area contributed by atoms with E-state index in [1.807, 2.05) is 6.21 Å². The Bertz CT molecular complexity index is 382. The maximum absolute atomic E-state index is 11.0. The van der Waals surface area contributed by atoms with E-state index < -0.39 is 5.60 Å². The average molecular weight is 280 g/mol. The van der Waals surface area contributed by atoms with Crippen LogP contribution in [0.3, 0.4) is 0 Å². The van der Waals surface area contributed by atoms with E-state index in [0.717, 1.165) is 12.2 Å². The van der Waals surface area contributed by atoms with E-state index in [1.165, 1.54) is 0 Å². The molecule has 0 amide bonds. The highest BCUT2D eigenvalue weighted by Crippen LogP contribution is 2.37. The van der Waals surface area contributed by atoms with Gasteiger partial charge in [-0.3, -0.25) is 4.99 Å². The second-order valence-corrected chi connectivity index (χ2v) is 6.69. The third kappa shape index (κ3) is 3.48. The first kappa shape index (κ1) is 15.7. The van der Waals surface area contributed by atoms with Gasteiger partial charge in [0.2, 0.25) is 0 Å². The molecule has 2 unspecified atom stereocenters. The number of ether oxygens (including phenoxy) is 1. The molecule has 0 saturated carbocycles. The van der Waals surface area contributed by atoms with Gasteiger partial charge in [0, 0.05) is 56.3 Å². The second-order valence-electron chi connectivity index (χ2n) is 6.69. The highest BCUT2D eigenvalue weighted by molar-refractivity contribution is 5.67. The van der Waals surface area contributed by atoms with Crippen molar-refractivity contribution in [2.24, 2.45) is 22.7 Å². The van der Waals surface area contributed by atoms with Crippen molar-refractivity contribution in [3.05, 3.63) is 11.8 Å². The van der Waals surface area contributed by atoms with Crippen LogP contribution in [-0.2, 0) is 4.74 Å². The third-order valence-electron chi connectivity index (χ3n) is 4.38. The lowest BCUT2D eigenvalue weighted by Crippen LogP contribution is -2.49. The predicted molar refractivity (Wildman–Crippen MR) is 81.9 cm³/mol. The summed E-state index contributed by atoms with van der Waals surface area (Å²) in [6.45, 7) is 6.57. The molecule has 4 nitrogen and oxygen atoms in total. The van der Waals surface area contributed by atoms with Gasteiger partial charge in [-0.25, -0.2) is 0 Å². The van der Waals surface area contributed by atoms with Gasteiger partial charge in [0.1, 0.15) is 0 Å². The van der Waals surface area contributed by atoms with Crippen molar-refractivity contribution in [2.75, 3.05) is 33.9 Å². The van der Waals surface area contributed by atoms with Crippen molar-refractivity contribution < 1.29 is 9.84 Å². The van der Waals surface area contributed by atoms with E-state index in [4.69, 9.17) is 4.74 Å². The van der Waals surface area contributed by atoms with Crippen LogP contribution in [0.4, 0.5) is 0 Å². The minimum absolute atomic E-state index is 0.0938. The van der Waals surface area contributed by atoms with E-state index in [-0.39, 0.29) is 5.92 Å². The zero-order valence-corrected chi connectivity index (χ0v) is 13.2. The molecule has 4 heteroatoms. The zero-order chi connectivity index (χ0) is 14.8. The molecule has 0 aromatic rings. The molecule has 0 aromatic heterocycles. The molecule has 1 N–H and O–H groups in total. The van der Waals surface area contributed by atoms with E-state index in [2.05, 4.69) is 43.9 Å². The molecule has 0 bridgehead atoms. The maximum Gasteiger partial charge on any atom is 0.0775 e. The lowest BCUT2D eigenvalue weighted by molar-refractivity contribution is -0.0916. The van der Waals surface area contributed by atoms with Crippen molar-refractivity contribution in [1.29, 1.82) is 0 Å². The lowest BCUT2D eigenvalue weighted by Gasteiger charge is -2.42. The van der Waals surface area contributed by atoms with Crippen LogP contribution in [0.25, 0.3) is 0 Å². The normalized spacial score (nSPS) is 29.9. The van der Waals surface area contributed by atoms with Crippen molar-refractivity contribution in [1.82, 2.24) is 4.90 Å². The summed E-state index contributed by atoms with van der Waals surface area (Å²) < 4.78 is 5.40. The monoisotopic (exact) mass is 280 g/mol. The standard InChI is InChI=1S/C16H28N2O2/c1-12(2)15-9-13(11-18(3)4)14(10-17-15)16(19)5-7-20-8-6-16/h9-10,12-14,19H,5-8,11H2,1-4H3. The van der Waals surface area contributed by atoms with Crippen LogP contribution in [0.1, 0.15) is 26.7 Å². The summed E-state index contributed by atoms with van der Waals surface area (Å²) in [5.41, 5.74) is 0.477. The van der Waals surface area contributed by atoms with Crippen LogP contribution < -0.4 is 0 Å². The molecular formula is C16H28N2O2. The van der Waals surface area contributed by atoms with Gasteiger partial charge < -0.3 is 14.7 Å². The van der Waals surface area contributed by atoms with Gasteiger partial charge in [-0.05, 0) is 20.0 Å². The number of allylic oxidation sites excluding steroid dienone is 1. The smallest absolute Gasteiger partial charge is 0.0775 e. The third-order valence-corrected chi connectivity index (χ3v) is 4.38. The van der Waals surface area contributed by atoms with Gasteiger partial charge in [0.15, 0.2) is 0 Å². The summed E-state index contributed by atoms with van der Waals surface area (Å²) >= 11 is 0. The Morgan fingerprint density at radius 1 is 1.40 bits per heavy atom. The highest BCUT2D eigenvalue weighted by Gasteiger charge is 2.42. The van der Waals surface area contributed by atoms with Crippen LogP contribution in [0.2, 0.25) is 0 Å². The molecule has 2 atom stereocenters. The van der Waals surface area contributed by atoms with Gasteiger partial charge in [-0.15, -0.1) is 0 Å². The van der Waals surface area contributed by atoms with E-state index in [9.17, 15) is 5.11 Å². The predicted octanol–water partition coefficient (Wildman–Crippen LogP) is 1.95. The topological polar surface area (TPSA) is 45.1 Å². The minimum Gasteiger partial charge on any atom is -0.389 e. The molecule has 2 rings (SSSR count). The molecule has 2 aliphatic rings. The van der Waals surface area contributed by atoms with Crippen LogP contribution in [0.5, 0.6) is 0 Å². The fourth-order valence-electron chi connectivity index (χ4n) is 3.17. The summed E-state index contributed by atoms with van der Waals surface area (Å²) in [6.07, 6.45) is 5.68. The number of aliphatic imine (C=N–C) groups is 1. The number of hydrogen-bond acceptors (Lipinski definition) is 4. The summed E-state index contributed by atoms with van der Waals surface area (Å²) in [6, 6.07) is 0. The van der Waals surface area contributed by atoms with Crippen molar-refractivity contribution in [2.45, 2.75) is 32.3 Å². The molecule has 0 spiro atoms. The maximum atomic E-state index is 11.0. The Hall–Kier alpha value is -0.710. The van der Waals surface area contributed by atoms with Gasteiger partial charge >= 0.3 is 0 Å². The lowest BCUT2D eigenvalue weighted by atomic mass is 9.73. The average Bonchev–Trinajstić information content (AvgIpc) is 2.38. The first-order chi connectivity index (χ1) is 9.42. The highest BCUT2D eigenvalue weighted by atomic mass is 16.5. The second kappa shape index (κ2) is 6.37. The molecule has 0 aliphatic carbocycles. The van der Waals surface area contributed by atoms with Gasteiger partial charge in [-0.1, -0.05) is 19.9 Å². The van der Waals surface area contributed by atoms with Crippen LogP contribution in [0.15, 0.2) is 16.8 Å². The molecule has 2 heterocycles. The van der Waals surface area contributed by atoms with E-state index in [1.54, 1.807) is 0 Å². The Kier molecular flexibility index (Phi) is 4.99. The number of aliphatic hydroxyl groups is 1. The zero-order valence-electron chi connectivity index (χ0n) is 13.2. The van der Waals surface area contributed by atoms with Crippen LogP contribution in [0, 0.1) is 17.8 Å². The summed E-state index contributed by atoms with van der Waals surface area (Å²) in [7, 11) is 4.17. The number of hydrogen-bond donors (Lipinski definition) is 1. The van der Waals surface area contributed by atoms with Gasteiger partial charge in [-0.2, -0.15) is 0 Å². The fourth-order valence-corrected chi connectivity index (χ4v) is 3.17. The van der Waals surface area contributed by atoms with Crippen molar-refractivity contribution in [3.8, 4) is 0 Å². The summed E-state index contributed by atoms with van der Waals surface area (Å²) in [5.74, 6) is 0.848. The van der Waals surface area contributed by atoms with Crippen LogP contribution in [-0.4, -0.2) is 55.7 Å². The summed E-state index contributed by atoms with van der Waals surface area (Å²) in [5, 5.41) is 11.0. The van der Waals surface area contributed by atoms with Gasteiger partial charge in [0.25, 0.3) is 0 Å².